The number of nitrogen functional groups attached to an aromatic ring is 1. The lowest BCUT2D eigenvalue weighted by atomic mass is 10.1. The summed E-state index contributed by atoms with van der Waals surface area (Å²) >= 11 is 10.5. The van der Waals surface area contributed by atoms with Gasteiger partial charge >= 0.3 is 0 Å². The molecule has 10 nitrogen and oxygen atoms in total. The van der Waals surface area contributed by atoms with E-state index in [1.165, 1.54) is 18.5 Å². The Morgan fingerprint density at radius 2 is 2.00 bits per heavy atom. The van der Waals surface area contributed by atoms with Crippen LogP contribution in [0.4, 0.5) is 15.8 Å². The Kier molecular flexibility index (Phi) is 7.32. The fourth-order valence-electron chi connectivity index (χ4n) is 3.26. The number of fused-ring (bicyclic) bond motifs is 2. The standard InChI is InChI=1S/C16H14N6O3.C7H3Cl2FO/c17-9-5-18-14-13(9)20-7-21-15(14)16(24)19-4-8-1-2-11-10(3-8)22-12(23)6-25-11;8-5-3-4(7(9)11)1-2-6(5)10/h1-3,5,7,18H,4,6,17H2,(H,19,24)(H,22,23);1-3H. The number of nitrogens with one attached hydrogen (secondary N) is 3. The number of ether oxygens (including phenoxy) is 1. The van der Waals surface area contributed by atoms with E-state index in [4.69, 9.17) is 33.7 Å². The second-order valence-electron chi connectivity index (χ2n) is 7.44. The molecule has 5 N–H and O–H groups in total. The zero-order chi connectivity index (χ0) is 25.8. The van der Waals surface area contributed by atoms with Gasteiger partial charge in [-0.1, -0.05) is 17.7 Å². The van der Waals surface area contributed by atoms with Crippen molar-refractivity contribution in [3.8, 4) is 5.75 Å². The van der Waals surface area contributed by atoms with Gasteiger partial charge in [0.05, 0.1) is 21.9 Å². The molecule has 184 valence electrons. The fraction of sp³-hybridized carbons (Fsp3) is 0.0870. The molecule has 0 spiro atoms. The third-order valence-corrected chi connectivity index (χ3v) is 5.49. The van der Waals surface area contributed by atoms with E-state index in [-0.39, 0.29) is 41.2 Å². The second kappa shape index (κ2) is 10.6. The summed E-state index contributed by atoms with van der Waals surface area (Å²) in [5, 5.41) is 4.77. The first kappa shape index (κ1) is 24.9. The molecule has 3 heterocycles. The highest BCUT2D eigenvalue weighted by atomic mass is 35.5. The summed E-state index contributed by atoms with van der Waals surface area (Å²) in [7, 11) is 0. The number of aromatic nitrogens is 3. The number of hydrogen-bond donors (Lipinski definition) is 4. The van der Waals surface area contributed by atoms with Crippen LogP contribution in [-0.4, -0.2) is 38.6 Å². The molecule has 5 rings (SSSR count). The van der Waals surface area contributed by atoms with E-state index in [0.29, 0.717) is 28.2 Å². The van der Waals surface area contributed by atoms with E-state index in [2.05, 4.69) is 25.6 Å². The van der Waals surface area contributed by atoms with Gasteiger partial charge in [0, 0.05) is 18.3 Å². The van der Waals surface area contributed by atoms with E-state index in [0.717, 1.165) is 11.6 Å². The van der Waals surface area contributed by atoms with Gasteiger partial charge in [-0.15, -0.1) is 0 Å². The number of benzene rings is 2. The van der Waals surface area contributed by atoms with Crippen LogP contribution in [0.2, 0.25) is 5.02 Å². The Labute approximate surface area is 213 Å². The van der Waals surface area contributed by atoms with Crippen LogP contribution in [-0.2, 0) is 11.3 Å². The van der Waals surface area contributed by atoms with E-state index in [9.17, 15) is 18.8 Å². The van der Waals surface area contributed by atoms with Gasteiger partial charge in [-0.05, 0) is 47.5 Å². The largest absolute Gasteiger partial charge is 0.482 e. The first-order valence-electron chi connectivity index (χ1n) is 10.3. The Hall–Kier alpha value is -4.22. The smallest absolute Gasteiger partial charge is 0.272 e. The highest BCUT2D eigenvalue weighted by Gasteiger charge is 2.18. The van der Waals surface area contributed by atoms with Gasteiger partial charge in [-0.25, -0.2) is 14.4 Å². The third-order valence-electron chi connectivity index (χ3n) is 4.98. The summed E-state index contributed by atoms with van der Waals surface area (Å²) in [5.41, 5.74) is 9.05. The van der Waals surface area contributed by atoms with Crippen LogP contribution >= 0.6 is 23.2 Å². The zero-order valence-corrected chi connectivity index (χ0v) is 19.8. The molecule has 0 aliphatic carbocycles. The van der Waals surface area contributed by atoms with Crippen LogP contribution in [0, 0.1) is 5.82 Å². The number of halogens is 3. The molecule has 13 heteroatoms. The van der Waals surface area contributed by atoms with Crippen LogP contribution in [0.15, 0.2) is 48.9 Å². The molecule has 1 aliphatic rings. The molecular formula is C23H17Cl2FN6O4. The third kappa shape index (κ3) is 5.53. The molecule has 0 radical (unpaired) electrons. The van der Waals surface area contributed by atoms with E-state index in [1.807, 2.05) is 6.07 Å². The van der Waals surface area contributed by atoms with Crippen molar-refractivity contribution >= 4 is 62.7 Å². The van der Waals surface area contributed by atoms with Crippen LogP contribution in [0.25, 0.3) is 11.0 Å². The number of carbonyl (C=O) groups is 3. The highest BCUT2D eigenvalue weighted by Crippen LogP contribution is 2.28. The molecule has 2 aromatic heterocycles. The zero-order valence-electron chi connectivity index (χ0n) is 18.3. The van der Waals surface area contributed by atoms with Crippen LogP contribution in [0.5, 0.6) is 5.75 Å². The number of hydrogen-bond acceptors (Lipinski definition) is 7. The maximum absolute atomic E-state index is 12.5. The first-order chi connectivity index (χ1) is 17.2. The maximum Gasteiger partial charge on any atom is 0.272 e. The van der Waals surface area contributed by atoms with E-state index >= 15 is 0 Å². The lowest BCUT2D eigenvalue weighted by molar-refractivity contribution is -0.118. The minimum absolute atomic E-state index is 0.00602. The molecule has 0 fully saturated rings. The predicted octanol–water partition coefficient (Wildman–Crippen LogP) is 3.66. The Morgan fingerprint density at radius 1 is 1.19 bits per heavy atom. The number of nitrogens with two attached hydrogens (primary N) is 1. The van der Waals surface area contributed by atoms with E-state index in [1.54, 1.807) is 18.3 Å². The van der Waals surface area contributed by atoms with Gasteiger partial charge in [-0.2, -0.15) is 0 Å². The lowest BCUT2D eigenvalue weighted by Crippen LogP contribution is -2.26. The average Bonchev–Trinajstić information content (AvgIpc) is 3.25. The van der Waals surface area contributed by atoms with Crippen molar-refractivity contribution in [1.82, 2.24) is 20.3 Å². The van der Waals surface area contributed by atoms with Crippen molar-refractivity contribution < 1.29 is 23.5 Å². The lowest BCUT2D eigenvalue weighted by Gasteiger charge is -2.18. The quantitative estimate of drug-likeness (QED) is 0.293. The number of H-pyrrole nitrogens is 1. The molecule has 0 atom stereocenters. The minimum Gasteiger partial charge on any atom is -0.482 e. The van der Waals surface area contributed by atoms with Gasteiger partial charge in [0.1, 0.15) is 23.4 Å². The number of rotatable bonds is 4. The second-order valence-corrected chi connectivity index (χ2v) is 8.19. The Morgan fingerprint density at radius 3 is 2.75 bits per heavy atom. The normalized spacial score (nSPS) is 12.0. The van der Waals surface area contributed by atoms with Crippen LogP contribution < -0.4 is 21.1 Å². The minimum atomic E-state index is -0.646. The SMILES string of the molecule is Nc1c[nH]c2c(C(=O)NCc3ccc4c(c3)NC(=O)CO4)ncnc12.O=C(Cl)c1ccc(F)c(Cl)c1. The molecular weight excluding hydrogens is 514 g/mol. The number of nitrogens with zero attached hydrogens (tertiary/aromatic N) is 2. The monoisotopic (exact) mass is 530 g/mol. The highest BCUT2D eigenvalue weighted by molar-refractivity contribution is 6.67. The first-order valence-corrected chi connectivity index (χ1v) is 11.0. The number of amides is 2. The molecule has 0 bridgehead atoms. The van der Waals surface area contributed by atoms with Crippen LogP contribution in [0.3, 0.4) is 0 Å². The van der Waals surface area contributed by atoms with Gasteiger partial charge < -0.3 is 26.1 Å². The molecule has 0 unspecified atom stereocenters. The topological polar surface area (TPSA) is 152 Å². The molecule has 2 aromatic carbocycles. The van der Waals surface area contributed by atoms with Gasteiger partial charge in [-0.3, -0.25) is 14.4 Å². The summed E-state index contributed by atoms with van der Waals surface area (Å²) < 4.78 is 17.8. The molecule has 0 saturated carbocycles. The predicted molar refractivity (Wildman–Crippen MR) is 132 cm³/mol. The van der Waals surface area contributed by atoms with Crippen molar-refractivity contribution in [3.63, 3.8) is 0 Å². The summed E-state index contributed by atoms with van der Waals surface area (Å²) in [6.07, 6.45) is 2.87. The summed E-state index contributed by atoms with van der Waals surface area (Å²) in [6, 6.07) is 8.89. The van der Waals surface area contributed by atoms with Crippen molar-refractivity contribution in [1.29, 1.82) is 0 Å². The average molecular weight is 531 g/mol. The number of aromatic amines is 1. The molecule has 2 amide bonds. The van der Waals surface area contributed by atoms with Gasteiger partial charge in [0.25, 0.3) is 17.1 Å². The van der Waals surface area contributed by atoms with Crippen molar-refractivity contribution in [3.05, 3.63) is 76.6 Å². The molecule has 36 heavy (non-hydrogen) atoms. The van der Waals surface area contributed by atoms with Crippen molar-refractivity contribution in [2.24, 2.45) is 0 Å². The Bertz CT molecular complexity index is 1490. The van der Waals surface area contributed by atoms with E-state index < -0.39 is 11.1 Å². The van der Waals surface area contributed by atoms with Crippen LogP contribution in [0.1, 0.15) is 26.4 Å². The maximum atomic E-state index is 12.5. The van der Waals surface area contributed by atoms with Crippen molar-refractivity contribution in [2.45, 2.75) is 6.54 Å². The number of carbonyl (C=O) groups excluding carboxylic acids is 3. The molecule has 1 aliphatic heterocycles. The van der Waals surface area contributed by atoms with Gasteiger partial charge in [0.15, 0.2) is 12.3 Å². The summed E-state index contributed by atoms with van der Waals surface area (Å²) in [4.78, 5) is 45.3. The fourth-order valence-corrected chi connectivity index (χ4v) is 3.55. The van der Waals surface area contributed by atoms with Gasteiger partial charge in [0.2, 0.25) is 0 Å². The Balaban J connectivity index is 0.000000233. The molecule has 4 aromatic rings. The summed E-state index contributed by atoms with van der Waals surface area (Å²) in [5.74, 6) is -0.518. The van der Waals surface area contributed by atoms with Crippen molar-refractivity contribution in [2.75, 3.05) is 17.7 Å². The summed E-state index contributed by atoms with van der Waals surface area (Å²) in [6.45, 7) is 0.274. The number of anilines is 2. The molecule has 0 saturated heterocycles.